The predicted octanol–water partition coefficient (Wildman–Crippen LogP) is 3.82. The quantitative estimate of drug-likeness (QED) is 0.923. The van der Waals surface area contributed by atoms with Crippen molar-refractivity contribution >= 4 is 17.6 Å². The highest BCUT2D eigenvalue weighted by Gasteiger charge is 2.20. The van der Waals surface area contributed by atoms with E-state index in [0.717, 1.165) is 17.0 Å². The van der Waals surface area contributed by atoms with Crippen molar-refractivity contribution in [3.05, 3.63) is 58.4 Å². The van der Waals surface area contributed by atoms with Gasteiger partial charge in [-0.15, -0.1) is 0 Å². The summed E-state index contributed by atoms with van der Waals surface area (Å²) < 4.78 is 2.04. The van der Waals surface area contributed by atoms with Crippen LogP contribution in [-0.2, 0) is 4.79 Å². The number of aliphatic carboxylic acids is 1. The minimum Gasteiger partial charge on any atom is -0.481 e. The number of aromatic nitrogens is 1. The molecule has 0 amide bonds. The number of halogens is 1. The minimum absolute atomic E-state index is 0.0384. The van der Waals surface area contributed by atoms with Crippen molar-refractivity contribution in [1.29, 1.82) is 0 Å². The van der Waals surface area contributed by atoms with Crippen LogP contribution in [0.15, 0.2) is 36.4 Å². The monoisotopic (exact) mass is 277 g/mol. The molecule has 3 nitrogen and oxygen atoms in total. The second-order valence-electron chi connectivity index (χ2n) is 4.65. The molecule has 100 valence electrons. The van der Waals surface area contributed by atoms with Crippen LogP contribution in [0.2, 0.25) is 5.02 Å². The van der Waals surface area contributed by atoms with Crippen LogP contribution >= 0.6 is 11.6 Å². The second-order valence-corrected chi connectivity index (χ2v) is 5.09. The fraction of sp³-hybridized carbons (Fsp3) is 0.267. The first-order chi connectivity index (χ1) is 8.99. The third-order valence-corrected chi connectivity index (χ3v) is 3.47. The lowest BCUT2D eigenvalue weighted by molar-refractivity contribution is -0.137. The predicted molar refractivity (Wildman–Crippen MR) is 75.7 cm³/mol. The SMILES string of the molecule is Cc1ccc(C)n1C(CC(=O)O)c1cccc(Cl)c1. The maximum absolute atomic E-state index is 11.1. The standard InChI is InChI=1S/C15H16ClNO2/c1-10-6-7-11(2)17(10)14(9-15(18)19)12-4-3-5-13(16)8-12/h3-8,14H,9H2,1-2H3,(H,18,19). The molecule has 0 radical (unpaired) electrons. The molecule has 1 unspecified atom stereocenters. The molecule has 1 N–H and O–H groups in total. The normalized spacial score (nSPS) is 12.4. The van der Waals surface area contributed by atoms with E-state index in [1.807, 2.05) is 48.7 Å². The lowest BCUT2D eigenvalue weighted by Crippen LogP contribution is -2.17. The van der Waals surface area contributed by atoms with Crippen LogP contribution in [0.4, 0.5) is 0 Å². The number of hydrogen-bond donors (Lipinski definition) is 1. The van der Waals surface area contributed by atoms with E-state index < -0.39 is 5.97 Å². The van der Waals surface area contributed by atoms with Crippen molar-refractivity contribution in [2.24, 2.45) is 0 Å². The Kier molecular flexibility index (Phi) is 3.96. The van der Waals surface area contributed by atoms with Crippen LogP contribution in [-0.4, -0.2) is 15.6 Å². The summed E-state index contributed by atoms with van der Waals surface area (Å²) in [5, 5.41) is 9.77. The van der Waals surface area contributed by atoms with E-state index in [4.69, 9.17) is 16.7 Å². The summed E-state index contributed by atoms with van der Waals surface area (Å²) >= 11 is 6.01. The van der Waals surface area contributed by atoms with Gasteiger partial charge < -0.3 is 9.67 Å². The molecule has 0 spiro atoms. The van der Waals surface area contributed by atoms with Gasteiger partial charge >= 0.3 is 5.97 Å². The van der Waals surface area contributed by atoms with Crippen molar-refractivity contribution in [2.45, 2.75) is 26.3 Å². The highest BCUT2D eigenvalue weighted by Crippen LogP contribution is 2.28. The average molecular weight is 278 g/mol. The number of benzene rings is 1. The van der Waals surface area contributed by atoms with Crippen molar-refractivity contribution in [3.8, 4) is 0 Å². The molecular formula is C15H16ClNO2. The molecule has 0 saturated carbocycles. The number of rotatable bonds is 4. The highest BCUT2D eigenvalue weighted by atomic mass is 35.5. The van der Waals surface area contributed by atoms with Crippen molar-refractivity contribution in [3.63, 3.8) is 0 Å². The fourth-order valence-corrected chi connectivity index (χ4v) is 2.61. The Morgan fingerprint density at radius 3 is 2.42 bits per heavy atom. The van der Waals surface area contributed by atoms with Crippen LogP contribution < -0.4 is 0 Å². The van der Waals surface area contributed by atoms with Crippen molar-refractivity contribution in [1.82, 2.24) is 4.57 Å². The topological polar surface area (TPSA) is 42.2 Å². The summed E-state index contributed by atoms with van der Waals surface area (Å²) in [6, 6.07) is 11.1. The van der Waals surface area contributed by atoms with E-state index in [9.17, 15) is 4.79 Å². The Morgan fingerprint density at radius 2 is 1.89 bits per heavy atom. The van der Waals surface area contributed by atoms with E-state index in [0.29, 0.717) is 5.02 Å². The van der Waals surface area contributed by atoms with Gasteiger partial charge in [0.25, 0.3) is 0 Å². The van der Waals surface area contributed by atoms with Crippen LogP contribution in [0, 0.1) is 13.8 Å². The molecule has 0 bridgehead atoms. The summed E-state index contributed by atoms with van der Waals surface area (Å²) in [4.78, 5) is 11.1. The molecule has 4 heteroatoms. The highest BCUT2D eigenvalue weighted by molar-refractivity contribution is 6.30. The third kappa shape index (κ3) is 2.99. The Balaban J connectivity index is 2.50. The number of hydrogen-bond acceptors (Lipinski definition) is 1. The van der Waals surface area contributed by atoms with Gasteiger partial charge in [-0.05, 0) is 43.7 Å². The molecule has 0 aliphatic heterocycles. The zero-order chi connectivity index (χ0) is 14.0. The lowest BCUT2D eigenvalue weighted by Gasteiger charge is -2.22. The van der Waals surface area contributed by atoms with Gasteiger partial charge in [0.15, 0.2) is 0 Å². The van der Waals surface area contributed by atoms with Gasteiger partial charge in [-0.1, -0.05) is 23.7 Å². The summed E-state index contributed by atoms with van der Waals surface area (Å²) in [5.41, 5.74) is 3.00. The molecule has 19 heavy (non-hydrogen) atoms. The average Bonchev–Trinajstić information content (AvgIpc) is 2.66. The molecule has 0 fully saturated rings. The number of nitrogens with zero attached hydrogens (tertiary/aromatic N) is 1. The molecule has 1 heterocycles. The van der Waals surface area contributed by atoms with Gasteiger partial charge in [-0.2, -0.15) is 0 Å². The van der Waals surface area contributed by atoms with E-state index in [-0.39, 0.29) is 12.5 Å². The Morgan fingerprint density at radius 1 is 1.26 bits per heavy atom. The molecular weight excluding hydrogens is 262 g/mol. The molecule has 1 aromatic carbocycles. The van der Waals surface area contributed by atoms with E-state index >= 15 is 0 Å². The lowest BCUT2D eigenvalue weighted by atomic mass is 10.0. The van der Waals surface area contributed by atoms with E-state index in [2.05, 4.69) is 0 Å². The van der Waals surface area contributed by atoms with Crippen molar-refractivity contribution < 1.29 is 9.90 Å². The number of carboxylic acid groups (broad SMARTS) is 1. The second kappa shape index (κ2) is 5.49. The summed E-state index contributed by atoms with van der Waals surface area (Å²) in [7, 11) is 0. The van der Waals surface area contributed by atoms with Gasteiger partial charge in [0.1, 0.15) is 0 Å². The van der Waals surface area contributed by atoms with Crippen LogP contribution in [0.25, 0.3) is 0 Å². The fourth-order valence-electron chi connectivity index (χ4n) is 2.41. The number of carboxylic acids is 1. The molecule has 2 rings (SSSR count). The molecule has 0 aliphatic rings. The van der Waals surface area contributed by atoms with Gasteiger partial charge in [0.2, 0.25) is 0 Å². The third-order valence-electron chi connectivity index (χ3n) is 3.24. The zero-order valence-corrected chi connectivity index (χ0v) is 11.7. The maximum Gasteiger partial charge on any atom is 0.305 e. The summed E-state index contributed by atoms with van der Waals surface area (Å²) in [6.45, 7) is 3.96. The Bertz CT molecular complexity index is 584. The number of carbonyl (C=O) groups is 1. The smallest absolute Gasteiger partial charge is 0.305 e. The first kappa shape index (κ1) is 13.7. The maximum atomic E-state index is 11.1. The summed E-state index contributed by atoms with van der Waals surface area (Å²) in [5.74, 6) is -0.822. The van der Waals surface area contributed by atoms with Gasteiger partial charge in [-0.3, -0.25) is 4.79 Å². The largest absolute Gasteiger partial charge is 0.481 e. The molecule has 2 aromatic rings. The Labute approximate surface area is 117 Å². The first-order valence-electron chi connectivity index (χ1n) is 6.10. The van der Waals surface area contributed by atoms with Gasteiger partial charge in [-0.25, -0.2) is 0 Å². The van der Waals surface area contributed by atoms with E-state index in [1.165, 1.54) is 0 Å². The van der Waals surface area contributed by atoms with Crippen LogP contribution in [0.3, 0.4) is 0 Å². The van der Waals surface area contributed by atoms with Gasteiger partial charge in [0, 0.05) is 16.4 Å². The molecule has 1 aromatic heterocycles. The number of aryl methyl sites for hydroxylation is 2. The Hall–Kier alpha value is -1.74. The van der Waals surface area contributed by atoms with Crippen molar-refractivity contribution in [2.75, 3.05) is 0 Å². The molecule has 0 saturated heterocycles. The van der Waals surface area contributed by atoms with Crippen LogP contribution in [0.1, 0.15) is 29.4 Å². The minimum atomic E-state index is -0.822. The molecule has 1 atom stereocenters. The zero-order valence-electron chi connectivity index (χ0n) is 10.9. The van der Waals surface area contributed by atoms with E-state index in [1.54, 1.807) is 6.07 Å². The summed E-state index contributed by atoms with van der Waals surface area (Å²) in [6.07, 6.45) is 0.0384. The molecule has 0 aliphatic carbocycles. The first-order valence-corrected chi connectivity index (χ1v) is 6.48. The van der Waals surface area contributed by atoms with Gasteiger partial charge in [0.05, 0.1) is 12.5 Å². The van der Waals surface area contributed by atoms with Crippen LogP contribution in [0.5, 0.6) is 0 Å².